The standard InChI is InChI=1S/C25H36N2O/c1-17(2)11-20-14-21(12-18(3)4)25(22(15-20)13-19(5)6)27-24(28)16-23-9-7-8-10-26-23/h7-10,14-15,17-19H,11-13,16H2,1-6H3,(H,27,28). The molecule has 1 aromatic heterocycles. The summed E-state index contributed by atoms with van der Waals surface area (Å²) in [4.78, 5) is 17.1. The fourth-order valence-corrected chi connectivity index (χ4v) is 3.64. The van der Waals surface area contributed by atoms with E-state index in [-0.39, 0.29) is 5.91 Å². The lowest BCUT2D eigenvalue weighted by Crippen LogP contribution is -2.19. The molecule has 0 atom stereocenters. The number of hydrogen-bond donors (Lipinski definition) is 1. The highest BCUT2D eigenvalue weighted by Crippen LogP contribution is 2.29. The molecule has 0 radical (unpaired) electrons. The second kappa shape index (κ2) is 10.4. The number of rotatable bonds is 9. The maximum Gasteiger partial charge on any atom is 0.230 e. The van der Waals surface area contributed by atoms with Crippen molar-refractivity contribution in [2.45, 2.75) is 67.2 Å². The fraction of sp³-hybridized carbons (Fsp3) is 0.520. The highest BCUT2D eigenvalue weighted by Gasteiger charge is 2.17. The van der Waals surface area contributed by atoms with E-state index in [9.17, 15) is 4.79 Å². The van der Waals surface area contributed by atoms with E-state index in [0.29, 0.717) is 24.2 Å². The predicted octanol–water partition coefficient (Wildman–Crippen LogP) is 5.86. The molecule has 0 aliphatic carbocycles. The van der Waals surface area contributed by atoms with Gasteiger partial charge in [-0.15, -0.1) is 0 Å². The Morgan fingerprint density at radius 1 is 0.893 bits per heavy atom. The van der Waals surface area contributed by atoms with E-state index in [4.69, 9.17) is 0 Å². The topological polar surface area (TPSA) is 42.0 Å². The molecule has 2 rings (SSSR count). The van der Waals surface area contributed by atoms with Crippen LogP contribution in [0.4, 0.5) is 5.69 Å². The number of nitrogens with one attached hydrogen (secondary N) is 1. The van der Waals surface area contributed by atoms with Crippen LogP contribution in [-0.2, 0) is 30.5 Å². The molecular weight excluding hydrogens is 344 g/mol. The van der Waals surface area contributed by atoms with Crippen molar-refractivity contribution in [1.82, 2.24) is 4.98 Å². The molecule has 0 saturated carbocycles. The van der Waals surface area contributed by atoms with Gasteiger partial charge in [0.1, 0.15) is 0 Å². The third-order valence-electron chi connectivity index (χ3n) is 4.59. The number of nitrogens with zero attached hydrogens (tertiary/aromatic N) is 1. The van der Waals surface area contributed by atoms with Crippen LogP contribution in [-0.4, -0.2) is 10.9 Å². The minimum Gasteiger partial charge on any atom is -0.325 e. The number of anilines is 1. The van der Waals surface area contributed by atoms with Gasteiger partial charge in [-0.3, -0.25) is 9.78 Å². The number of carbonyl (C=O) groups is 1. The molecule has 0 unspecified atom stereocenters. The molecule has 3 heteroatoms. The summed E-state index contributed by atoms with van der Waals surface area (Å²) in [6, 6.07) is 10.3. The summed E-state index contributed by atoms with van der Waals surface area (Å²) in [6.07, 6.45) is 5.04. The maximum absolute atomic E-state index is 12.8. The molecule has 0 bridgehead atoms. The summed E-state index contributed by atoms with van der Waals surface area (Å²) in [5.74, 6) is 1.69. The molecule has 3 nitrogen and oxygen atoms in total. The van der Waals surface area contributed by atoms with Gasteiger partial charge in [0.15, 0.2) is 0 Å². The van der Waals surface area contributed by atoms with E-state index in [1.165, 1.54) is 16.7 Å². The van der Waals surface area contributed by atoms with Crippen LogP contribution >= 0.6 is 0 Å². The number of aromatic nitrogens is 1. The molecule has 0 aliphatic rings. The molecule has 1 heterocycles. The molecule has 0 fully saturated rings. The molecule has 152 valence electrons. The number of hydrogen-bond acceptors (Lipinski definition) is 2. The van der Waals surface area contributed by atoms with Crippen molar-refractivity contribution in [1.29, 1.82) is 0 Å². The van der Waals surface area contributed by atoms with Gasteiger partial charge in [0, 0.05) is 17.6 Å². The van der Waals surface area contributed by atoms with E-state index in [2.05, 4.69) is 64.0 Å². The van der Waals surface area contributed by atoms with Gasteiger partial charge in [0.05, 0.1) is 6.42 Å². The lowest BCUT2D eigenvalue weighted by Gasteiger charge is -2.21. The third-order valence-corrected chi connectivity index (χ3v) is 4.59. The van der Waals surface area contributed by atoms with E-state index >= 15 is 0 Å². The van der Waals surface area contributed by atoms with Crippen molar-refractivity contribution >= 4 is 11.6 Å². The predicted molar refractivity (Wildman–Crippen MR) is 119 cm³/mol. The Kier molecular flexibility index (Phi) is 8.22. The quantitative estimate of drug-likeness (QED) is 0.592. The molecule has 1 N–H and O–H groups in total. The monoisotopic (exact) mass is 380 g/mol. The van der Waals surface area contributed by atoms with Crippen LogP contribution in [0.25, 0.3) is 0 Å². The van der Waals surface area contributed by atoms with E-state index in [0.717, 1.165) is 30.6 Å². The van der Waals surface area contributed by atoms with Crippen LogP contribution in [0, 0.1) is 17.8 Å². The summed E-state index contributed by atoms with van der Waals surface area (Å²) < 4.78 is 0. The van der Waals surface area contributed by atoms with Crippen molar-refractivity contribution in [3.8, 4) is 0 Å². The molecule has 28 heavy (non-hydrogen) atoms. The van der Waals surface area contributed by atoms with Crippen LogP contribution in [0.1, 0.15) is 63.9 Å². The fourth-order valence-electron chi connectivity index (χ4n) is 3.64. The summed E-state index contributed by atoms with van der Waals surface area (Å²) in [5, 5.41) is 3.24. The van der Waals surface area contributed by atoms with Gasteiger partial charge < -0.3 is 5.32 Å². The van der Waals surface area contributed by atoms with Crippen LogP contribution in [0.15, 0.2) is 36.5 Å². The Hall–Kier alpha value is -2.16. The summed E-state index contributed by atoms with van der Waals surface area (Å²) in [5.41, 5.74) is 5.73. The molecule has 0 saturated heterocycles. The van der Waals surface area contributed by atoms with Crippen LogP contribution in [0.3, 0.4) is 0 Å². The molecule has 0 spiro atoms. The van der Waals surface area contributed by atoms with Crippen LogP contribution in [0.5, 0.6) is 0 Å². The minimum atomic E-state index is 0.00493. The van der Waals surface area contributed by atoms with Gasteiger partial charge in [0.2, 0.25) is 5.91 Å². The van der Waals surface area contributed by atoms with E-state index in [1.807, 2.05) is 18.2 Å². The van der Waals surface area contributed by atoms with Gasteiger partial charge in [0.25, 0.3) is 0 Å². The lowest BCUT2D eigenvalue weighted by molar-refractivity contribution is -0.115. The second-order valence-electron chi connectivity index (χ2n) is 9.13. The zero-order valence-corrected chi connectivity index (χ0v) is 18.4. The normalized spacial score (nSPS) is 11.5. The van der Waals surface area contributed by atoms with Gasteiger partial charge in [-0.05, 0) is 65.8 Å². The highest BCUT2D eigenvalue weighted by molar-refractivity contribution is 5.93. The Balaban J connectivity index is 2.37. The van der Waals surface area contributed by atoms with Crippen molar-refractivity contribution in [3.63, 3.8) is 0 Å². The SMILES string of the molecule is CC(C)Cc1cc(CC(C)C)c(NC(=O)Cc2ccccn2)c(CC(C)C)c1. The highest BCUT2D eigenvalue weighted by atomic mass is 16.1. The summed E-state index contributed by atoms with van der Waals surface area (Å²) >= 11 is 0. The van der Waals surface area contributed by atoms with Gasteiger partial charge >= 0.3 is 0 Å². The lowest BCUT2D eigenvalue weighted by atomic mass is 9.89. The third kappa shape index (κ3) is 7.10. The zero-order valence-electron chi connectivity index (χ0n) is 18.4. The maximum atomic E-state index is 12.8. The van der Waals surface area contributed by atoms with Crippen LogP contribution < -0.4 is 5.32 Å². The Labute approximate surface area is 171 Å². The Bertz CT molecular complexity index is 732. The van der Waals surface area contributed by atoms with Gasteiger partial charge in [-0.1, -0.05) is 59.7 Å². The van der Waals surface area contributed by atoms with Gasteiger partial charge in [-0.2, -0.15) is 0 Å². The molecule has 0 aliphatic heterocycles. The molecule has 1 amide bonds. The van der Waals surface area contributed by atoms with Gasteiger partial charge in [-0.25, -0.2) is 0 Å². The van der Waals surface area contributed by atoms with E-state index < -0.39 is 0 Å². The minimum absolute atomic E-state index is 0.00493. The zero-order chi connectivity index (χ0) is 20.7. The number of pyridine rings is 1. The van der Waals surface area contributed by atoms with Crippen molar-refractivity contribution in [2.75, 3.05) is 5.32 Å². The van der Waals surface area contributed by atoms with Crippen LogP contribution in [0.2, 0.25) is 0 Å². The van der Waals surface area contributed by atoms with Crippen molar-refractivity contribution in [3.05, 3.63) is 58.9 Å². The first-order valence-electron chi connectivity index (χ1n) is 10.6. The second-order valence-corrected chi connectivity index (χ2v) is 9.13. The average Bonchev–Trinajstić information content (AvgIpc) is 2.57. The summed E-state index contributed by atoms with van der Waals surface area (Å²) in [6.45, 7) is 13.4. The first-order valence-corrected chi connectivity index (χ1v) is 10.6. The first-order chi connectivity index (χ1) is 13.2. The molecule has 2 aromatic rings. The molecular formula is C25H36N2O. The number of benzene rings is 1. The van der Waals surface area contributed by atoms with Crippen molar-refractivity contribution < 1.29 is 4.79 Å². The first kappa shape index (κ1) is 22.1. The Morgan fingerprint density at radius 3 is 1.93 bits per heavy atom. The smallest absolute Gasteiger partial charge is 0.230 e. The Morgan fingerprint density at radius 2 is 1.46 bits per heavy atom. The van der Waals surface area contributed by atoms with Crippen molar-refractivity contribution in [2.24, 2.45) is 17.8 Å². The average molecular weight is 381 g/mol. The number of carbonyl (C=O) groups excluding carboxylic acids is 1. The summed E-state index contributed by atoms with van der Waals surface area (Å²) in [7, 11) is 0. The van der Waals surface area contributed by atoms with E-state index in [1.54, 1.807) is 6.20 Å². The largest absolute Gasteiger partial charge is 0.325 e. The number of amides is 1. The molecule has 1 aromatic carbocycles.